The van der Waals surface area contributed by atoms with Gasteiger partial charge in [-0.2, -0.15) is 0 Å². The van der Waals surface area contributed by atoms with Crippen LogP contribution in [0.4, 0.5) is 0 Å². The van der Waals surface area contributed by atoms with Crippen molar-refractivity contribution in [1.29, 1.82) is 0 Å². The number of hydrogen-bond donors (Lipinski definition) is 1. The third kappa shape index (κ3) is 3.92. The third-order valence-corrected chi connectivity index (χ3v) is 3.20. The molecule has 1 nitrogen and oxygen atoms in total. The van der Waals surface area contributed by atoms with E-state index in [9.17, 15) is 0 Å². The second-order valence-electron chi connectivity index (χ2n) is 3.87. The van der Waals surface area contributed by atoms with Crippen molar-refractivity contribution in [2.24, 2.45) is 5.92 Å². The van der Waals surface area contributed by atoms with Crippen LogP contribution in [0.5, 0.6) is 0 Å². The molecule has 0 spiro atoms. The molecule has 1 aromatic rings. The van der Waals surface area contributed by atoms with Crippen molar-refractivity contribution >= 4 is 11.3 Å². The van der Waals surface area contributed by atoms with E-state index in [4.69, 9.17) is 0 Å². The molecule has 0 aliphatic heterocycles. The Labute approximate surface area is 85.2 Å². The highest BCUT2D eigenvalue weighted by Gasteiger charge is 2.04. The molecule has 0 aromatic carbocycles. The zero-order chi connectivity index (χ0) is 9.68. The first kappa shape index (κ1) is 10.7. The van der Waals surface area contributed by atoms with Gasteiger partial charge in [0.25, 0.3) is 0 Å². The highest BCUT2D eigenvalue weighted by atomic mass is 32.1. The van der Waals surface area contributed by atoms with E-state index >= 15 is 0 Å². The van der Waals surface area contributed by atoms with Gasteiger partial charge in [-0.1, -0.05) is 19.9 Å². The fourth-order valence-electron chi connectivity index (χ4n) is 1.23. The molecule has 2 heteroatoms. The summed E-state index contributed by atoms with van der Waals surface area (Å²) in [5.74, 6) is 0.794. The molecule has 13 heavy (non-hydrogen) atoms. The Balaban J connectivity index is 2.22. The number of thiophene rings is 1. The molecule has 0 radical (unpaired) electrons. The van der Waals surface area contributed by atoms with E-state index in [-0.39, 0.29) is 0 Å². The maximum atomic E-state index is 3.53. The van der Waals surface area contributed by atoms with Gasteiger partial charge in [0.1, 0.15) is 0 Å². The molecule has 0 fully saturated rings. The Morgan fingerprint density at radius 1 is 1.38 bits per heavy atom. The highest BCUT2D eigenvalue weighted by molar-refractivity contribution is 7.10. The Kier molecular flexibility index (Phi) is 4.46. The van der Waals surface area contributed by atoms with Crippen LogP contribution < -0.4 is 5.32 Å². The van der Waals surface area contributed by atoms with Crippen LogP contribution in [0.15, 0.2) is 17.5 Å². The SMILES string of the molecule is CC(C)CCNC(C)c1cccs1. The smallest absolute Gasteiger partial charge is 0.0386 e. The van der Waals surface area contributed by atoms with Crippen LogP contribution in [0.2, 0.25) is 0 Å². The standard InChI is InChI=1S/C11H19NS/c1-9(2)6-7-12-10(3)11-5-4-8-13-11/h4-5,8-10,12H,6-7H2,1-3H3. The molecule has 74 valence electrons. The number of nitrogens with one attached hydrogen (secondary N) is 1. The molecule has 1 atom stereocenters. The van der Waals surface area contributed by atoms with Crippen LogP contribution in [0.25, 0.3) is 0 Å². The van der Waals surface area contributed by atoms with Gasteiger partial charge in [-0.3, -0.25) is 0 Å². The Morgan fingerprint density at radius 2 is 2.15 bits per heavy atom. The second kappa shape index (κ2) is 5.40. The topological polar surface area (TPSA) is 12.0 Å². The summed E-state index contributed by atoms with van der Waals surface area (Å²) < 4.78 is 0. The van der Waals surface area contributed by atoms with E-state index in [1.54, 1.807) is 0 Å². The molecule has 0 saturated heterocycles. The minimum atomic E-state index is 0.513. The molecule has 1 heterocycles. The fraction of sp³-hybridized carbons (Fsp3) is 0.636. The largest absolute Gasteiger partial charge is 0.309 e. The lowest BCUT2D eigenvalue weighted by Crippen LogP contribution is -2.20. The zero-order valence-corrected chi connectivity index (χ0v) is 9.53. The predicted octanol–water partition coefficient (Wildman–Crippen LogP) is 3.44. The summed E-state index contributed by atoms with van der Waals surface area (Å²) in [4.78, 5) is 1.43. The van der Waals surface area contributed by atoms with Gasteiger partial charge in [0.05, 0.1) is 0 Å². The zero-order valence-electron chi connectivity index (χ0n) is 8.71. The Morgan fingerprint density at radius 3 is 2.69 bits per heavy atom. The number of rotatable bonds is 5. The van der Waals surface area contributed by atoms with E-state index in [0.29, 0.717) is 6.04 Å². The summed E-state index contributed by atoms with van der Waals surface area (Å²) in [5.41, 5.74) is 0. The van der Waals surface area contributed by atoms with E-state index in [1.807, 2.05) is 11.3 Å². The first-order chi connectivity index (χ1) is 6.20. The normalized spacial score (nSPS) is 13.5. The second-order valence-corrected chi connectivity index (χ2v) is 4.85. The van der Waals surface area contributed by atoms with Gasteiger partial charge in [0, 0.05) is 10.9 Å². The Bertz CT molecular complexity index is 216. The van der Waals surface area contributed by atoms with Gasteiger partial charge < -0.3 is 5.32 Å². The van der Waals surface area contributed by atoms with E-state index in [2.05, 4.69) is 43.6 Å². The molecule has 0 amide bonds. The molecule has 1 unspecified atom stereocenters. The molecule has 0 aliphatic rings. The van der Waals surface area contributed by atoms with Crippen LogP contribution >= 0.6 is 11.3 Å². The van der Waals surface area contributed by atoms with Crippen LogP contribution in [-0.2, 0) is 0 Å². The van der Waals surface area contributed by atoms with Crippen molar-refractivity contribution in [1.82, 2.24) is 5.32 Å². The minimum absolute atomic E-state index is 0.513. The lowest BCUT2D eigenvalue weighted by molar-refractivity contribution is 0.500. The molecule has 0 saturated carbocycles. The van der Waals surface area contributed by atoms with Crippen molar-refractivity contribution < 1.29 is 0 Å². The molecular formula is C11H19NS. The van der Waals surface area contributed by atoms with Gasteiger partial charge in [0.2, 0.25) is 0 Å². The average molecular weight is 197 g/mol. The Hall–Kier alpha value is -0.340. The minimum Gasteiger partial charge on any atom is -0.309 e. The van der Waals surface area contributed by atoms with Crippen LogP contribution in [0, 0.1) is 5.92 Å². The fourth-order valence-corrected chi connectivity index (χ4v) is 1.99. The van der Waals surface area contributed by atoms with Crippen molar-refractivity contribution in [3.63, 3.8) is 0 Å². The molecule has 1 N–H and O–H groups in total. The summed E-state index contributed by atoms with van der Waals surface area (Å²) in [5, 5.41) is 5.66. The molecule has 1 rings (SSSR count). The summed E-state index contributed by atoms with van der Waals surface area (Å²) in [7, 11) is 0. The van der Waals surface area contributed by atoms with Crippen LogP contribution in [0.3, 0.4) is 0 Å². The predicted molar refractivity (Wildman–Crippen MR) is 60.2 cm³/mol. The molecule has 1 aromatic heterocycles. The summed E-state index contributed by atoms with van der Waals surface area (Å²) >= 11 is 1.83. The maximum Gasteiger partial charge on any atom is 0.0386 e. The lowest BCUT2D eigenvalue weighted by Gasteiger charge is -2.12. The third-order valence-electron chi connectivity index (χ3n) is 2.14. The first-order valence-corrected chi connectivity index (χ1v) is 5.85. The van der Waals surface area contributed by atoms with Crippen LogP contribution in [0.1, 0.15) is 38.1 Å². The molecule has 0 bridgehead atoms. The monoisotopic (exact) mass is 197 g/mol. The number of hydrogen-bond acceptors (Lipinski definition) is 2. The lowest BCUT2D eigenvalue weighted by atomic mass is 10.1. The van der Waals surface area contributed by atoms with E-state index in [1.165, 1.54) is 11.3 Å². The van der Waals surface area contributed by atoms with Gasteiger partial charge in [-0.25, -0.2) is 0 Å². The van der Waals surface area contributed by atoms with Crippen molar-refractivity contribution in [3.05, 3.63) is 22.4 Å². The van der Waals surface area contributed by atoms with Gasteiger partial charge >= 0.3 is 0 Å². The summed E-state index contributed by atoms with van der Waals surface area (Å²) in [6.45, 7) is 7.87. The van der Waals surface area contributed by atoms with Gasteiger partial charge in [-0.05, 0) is 37.3 Å². The quantitative estimate of drug-likeness (QED) is 0.762. The van der Waals surface area contributed by atoms with Gasteiger partial charge in [-0.15, -0.1) is 11.3 Å². The highest BCUT2D eigenvalue weighted by Crippen LogP contribution is 2.17. The van der Waals surface area contributed by atoms with E-state index in [0.717, 1.165) is 12.5 Å². The molecule has 0 aliphatic carbocycles. The first-order valence-electron chi connectivity index (χ1n) is 4.97. The molecular weight excluding hydrogens is 178 g/mol. The van der Waals surface area contributed by atoms with Gasteiger partial charge in [0.15, 0.2) is 0 Å². The maximum absolute atomic E-state index is 3.53. The van der Waals surface area contributed by atoms with Crippen molar-refractivity contribution in [2.75, 3.05) is 6.54 Å². The van der Waals surface area contributed by atoms with Crippen molar-refractivity contribution in [2.45, 2.75) is 33.2 Å². The average Bonchev–Trinajstić information content (AvgIpc) is 2.55. The van der Waals surface area contributed by atoms with Crippen LogP contribution in [-0.4, -0.2) is 6.54 Å². The van der Waals surface area contributed by atoms with E-state index < -0.39 is 0 Å². The summed E-state index contributed by atoms with van der Waals surface area (Å²) in [6.07, 6.45) is 1.26. The summed E-state index contributed by atoms with van der Waals surface area (Å²) in [6, 6.07) is 4.82. The van der Waals surface area contributed by atoms with Crippen molar-refractivity contribution in [3.8, 4) is 0 Å².